The SMILES string of the molecule is COc1cccc(N2C(=O)C(Cc3ccc(Cl)cc3)S/C2=C(/C#N)C(N)=O)c1. The number of benzene rings is 2. The molecule has 1 aliphatic heterocycles. The Labute approximate surface area is 171 Å². The lowest BCUT2D eigenvalue weighted by Crippen LogP contribution is -2.31. The van der Waals surface area contributed by atoms with Gasteiger partial charge in [0, 0.05) is 11.1 Å². The molecule has 1 unspecified atom stereocenters. The first kappa shape index (κ1) is 19.8. The minimum absolute atomic E-state index is 0.229. The van der Waals surface area contributed by atoms with E-state index in [-0.39, 0.29) is 16.5 Å². The third-order valence-electron chi connectivity index (χ3n) is 4.17. The molecule has 1 fully saturated rings. The second kappa shape index (κ2) is 8.38. The second-order valence-corrected chi connectivity index (χ2v) is 7.60. The fourth-order valence-corrected chi connectivity index (χ4v) is 4.26. The number of thioether (sulfide) groups is 1. The first-order valence-electron chi connectivity index (χ1n) is 8.28. The van der Waals surface area contributed by atoms with Gasteiger partial charge >= 0.3 is 0 Å². The fourth-order valence-electron chi connectivity index (χ4n) is 2.82. The predicted octanol–water partition coefficient (Wildman–Crippen LogP) is 3.26. The van der Waals surface area contributed by atoms with Crippen LogP contribution in [-0.2, 0) is 16.0 Å². The van der Waals surface area contributed by atoms with Crippen LogP contribution in [-0.4, -0.2) is 24.2 Å². The van der Waals surface area contributed by atoms with E-state index in [4.69, 9.17) is 22.1 Å². The number of methoxy groups -OCH3 is 1. The highest BCUT2D eigenvalue weighted by molar-refractivity contribution is 8.05. The molecule has 1 saturated heterocycles. The highest BCUT2D eigenvalue weighted by atomic mass is 35.5. The number of anilines is 1. The summed E-state index contributed by atoms with van der Waals surface area (Å²) in [6, 6.07) is 15.9. The summed E-state index contributed by atoms with van der Waals surface area (Å²) >= 11 is 7.07. The van der Waals surface area contributed by atoms with Crippen LogP contribution in [0, 0.1) is 11.3 Å². The summed E-state index contributed by atoms with van der Waals surface area (Å²) in [4.78, 5) is 26.3. The molecule has 0 radical (unpaired) electrons. The van der Waals surface area contributed by atoms with Gasteiger partial charge in [0.15, 0.2) is 0 Å². The van der Waals surface area contributed by atoms with Crippen LogP contribution in [0.1, 0.15) is 5.56 Å². The summed E-state index contributed by atoms with van der Waals surface area (Å²) < 4.78 is 5.22. The summed E-state index contributed by atoms with van der Waals surface area (Å²) in [5, 5.41) is 9.74. The summed E-state index contributed by atoms with van der Waals surface area (Å²) in [5.41, 5.74) is 6.54. The number of nitrogens with zero attached hydrogens (tertiary/aromatic N) is 2. The zero-order valence-electron chi connectivity index (χ0n) is 14.9. The molecule has 2 aromatic rings. The van der Waals surface area contributed by atoms with E-state index < -0.39 is 11.2 Å². The molecule has 28 heavy (non-hydrogen) atoms. The molecule has 6 nitrogen and oxygen atoms in total. The van der Waals surface area contributed by atoms with E-state index in [2.05, 4.69) is 0 Å². The Morgan fingerprint density at radius 1 is 1.32 bits per heavy atom. The summed E-state index contributed by atoms with van der Waals surface area (Å²) in [6.07, 6.45) is 0.419. The van der Waals surface area contributed by atoms with Crippen molar-refractivity contribution in [3.05, 3.63) is 69.7 Å². The van der Waals surface area contributed by atoms with Crippen LogP contribution >= 0.6 is 23.4 Å². The third kappa shape index (κ3) is 3.98. The van der Waals surface area contributed by atoms with Gasteiger partial charge in [-0.05, 0) is 36.2 Å². The van der Waals surface area contributed by atoms with Gasteiger partial charge in [-0.1, -0.05) is 41.6 Å². The van der Waals surface area contributed by atoms with Gasteiger partial charge in [0.05, 0.1) is 18.0 Å². The second-order valence-electron chi connectivity index (χ2n) is 5.97. The van der Waals surface area contributed by atoms with Crippen molar-refractivity contribution in [2.45, 2.75) is 11.7 Å². The number of nitriles is 1. The van der Waals surface area contributed by atoms with Crippen molar-refractivity contribution < 1.29 is 14.3 Å². The molecule has 0 spiro atoms. The summed E-state index contributed by atoms with van der Waals surface area (Å²) in [7, 11) is 1.52. The molecular formula is C20H16ClN3O3S. The molecule has 8 heteroatoms. The number of rotatable bonds is 5. The third-order valence-corrected chi connectivity index (χ3v) is 5.69. The lowest BCUT2D eigenvalue weighted by molar-refractivity contribution is -0.117. The monoisotopic (exact) mass is 413 g/mol. The fraction of sp³-hybridized carbons (Fsp3) is 0.150. The van der Waals surface area contributed by atoms with Gasteiger partial charge < -0.3 is 10.5 Å². The Morgan fingerprint density at radius 3 is 2.64 bits per heavy atom. The lowest BCUT2D eigenvalue weighted by Gasteiger charge is -2.18. The van der Waals surface area contributed by atoms with Crippen molar-refractivity contribution in [1.29, 1.82) is 5.26 Å². The van der Waals surface area contributed by atoms with Crippen LogP contribution in [0.5, 0.6) is 5.75 Å². The number of ether oxygens (including phenoxy) is 1. The zero-order valence-corrected chi connectivity index (χ0v) is 16.5. The van der Waals surface area contributed by atoms with Crippen molar-refractivity contribution >= 4 is 40.9 Å². The van der Waals surface area contributed by atoms with Crippen molar-refractivity contribution in [2.24, 2.45) is 5.73 Å². The van der Waals surface area contributed by atoms with Crippen molar-refractivity contribution in [3.8, 4) is 11.8 Å². The van der Waals surface area contributed by atoms with Gasteiger partial charge in [0.2, 0.25) is 5.91 Å². The Bertz CT molecular complexity index is 999. The number of carbonyl (C=O) groups is 2. The lowest BCUT2D eigenvalue weighted by atomic mass is 10.1. The minimum atomic E-state index is -0.877. The Balaban J connectivity index is 2.03. The molecule has 2 N–H and O–H groups in total. The number of carbonyl (C=O) groups excluding carboxylic acids is 2. The van der Waals surface area contributed by atoms with E-state index in [1.165, 1.54) is 12.0 Å². The Hall–Kier alpha value is -2.95. The zero-order chi connectivity index (χ0) is 20.3. The number of nitrogens with two attached hydrogens (primary N) is 1. The standard InChI is InChI=1S/C20H16ClN3O3S/c1-27-15-4-2-3-14(10-15)24-19(26)17(9-12-5-7-13(21)8-6-12)28-20(24)16(11-22)18(23)25/h2-8,10,17H,9H2,1H3,(H2,23,25)/b20-16-. The van der Waals surface area contributed by atoms with Crippen LogP contribution < -0.4 is 15.4 Å². The quantitative estimate of drug-likeness (QED) is 0.599. The van der Waals surface area contributed by atoms with E-state index in [1.54, 1.807) is 36.4 Å². The Morgan fingerprint density at radius 2 is 2.04 bits per heavy atom. The van der Waals surface area contributed by atoms with Gasteiger partial charge in [-0.3, -0.25) is 14.5 Å². The molecule has 1 heterocycles. The number of primary amides is 1. The van der Waals surface area contributed by atoms with E-state index in [0.29, 0.717) is 22.9 Å². The normalized spacial score (nSPS) is 18.0. The average Bonchev–Trinajstić information content (AvgIpc) is 3.00. The highest BCUT2D eigenvalue weighted by Gasteiger charge is 2.40. The van der Waals surface area contributed by atoms with Crippen molar-refractivity contribution in [2.75, 3.05) is 12.0 Å². The van der Waals surface area contributed by atoms with Gasteiger partial charge in [0.1, 0.15) is 22.4 Å². The molecule has 0 aromatic heterocycles. The van der Waals surface area contributed by atoms with Crippen LogP contribution in [0.15, 0.2) is 59.1 Å². The molecule has 0 bridgehead atoms. The summed E-state index contributed by atoms with van der Waals surface area (Å²) in [5.74, 6) is -0.566. The van der Waals surface area contributed by atoms with Gasteiger partial charge in [-0.15, -0.1) is 0 Å². The van der Waals surface area contributed by atoms with Crippen LogP contribution in [0.25, 0.3) is 0 Å². The number of halogens is 1. The molecular weight excluding hydrogens is 398 g/mol. The average molecular weight is 414 g/mol. The molecule has 0 aliphatic carbocycles. The first-order valence-corrected chi connectivity index (χ1v) is 9.53. The van der Waals surface area contributed by atoms with Gasteiger partial charge in [-0.25, -0.2) is 0 Å². The van der Waals surface area contributed by atoms with Crippen molar-refractivity contribution in [3.63, 3.8) is 0 Å². The van der Waals surface area contributed by atoms with Crippen LogP contribution in [0.3, 0.4) is 0 Å². The number of hydrogen-bond acceptors (Lipinski definition) is 5. The maximum absolute atomic E-state index is 13.2. The van der Waals surface area contributed by atoms with E-state index in [0.717, 1.165) is 17.3 Å². The largest absolute Gasteiger partial charge is 0.497 e. The van der Waals surface area contributed by atoms with E-state index >= 15 is 0 Å². The molecule has 2 aromatic carbocycles. The van der Waals surface area contributed by atoms with E-state index in [1.807, 2.05) is 18.2 Å². The van der Waals surface area contributed by atoms with Gasteiger partial charge in [-0.2, -0.15) is 5.26 Å². The molecule has 142 valence electrons. The molecule has 3 rings (SSSR count). The Kier molecular flexibility index (Phi) is 5.93. The molecule has 2 amide bonds. The van der Waals surface area contributed by atoms with E-state index in [9.17, 15) is 14.9 Å². The smallest absolute Gasteiger partial charge is 0.262 e. The molecule has 1 aliphatic rings. The first-order chi connectivity index (χ1) is 13.4. The highest BCUT2D eigenvalue weighted by Crippen LogP contribution is 2.42. The molecule has 0 saturated carbocycles. The topological polar surface area (TPSA) is 96.4 Å². The maximum atomic E-state index is 13.2. The number of hydrogen-bond donors (Lipinski definition) is 1. The number of amides is 2. The summed E-state index contributed by atoms with van der Waals surface area (Å²) in [6.45, 7) is 0. The predicted molar refractivity (Wildman–Crippen MR) is 109 cm³/mol. The van der Waals surface area contributed by atoms with Crippen LogP contribution in [0.2, 0.25) is 5.02 Å². The van der Waals surface area contributed by atoms with Crippen molar-refractivity contribution in [1.82, 2.24) is 0 Å². The van der Waals surface area contributed by atoms with Crippen LogP contribution in [0.4, 0.5) is 5.69 Å². The maximum Gasteiger partial charge on any atom is 0.262 e. The molecule has 1 atom stereocenters. The van der Waals surface area contributed by atoms with Gasteiger partial charge in [0.25, 0.3) is 5.91 Å². The minimum Gasteiger partial charge on any atom is -0.497 e.